The highest BCUT2D eigenvalue weighted by Gasteiger charge is 2.35. The summed E-state index contributed by atoms with van der Waals surface area (Å²) in [5, 5.41) is 18.8. The number of anilines is 1. The fourth-order valence-electron chi connectivity index (χ4n) is 3.59. The van der Waals surface area contributed by atoms with Crippen LogP contribution in [0.15, 0.2) is 69.7 Å². The number of allylic oxidation sites excluding steroid dienone is 2. The summed E-state index contributed by atoms with van der Waals surface area (Å²) < 4.78 is 0. The van der Waals surface area contributed by atoms with E-state index in [4.69, 9.17) is 0 Å². The lowest BCUT2D eigenvalue weighted by molar-refractivity contribution is -0.128. The van der Waals surface area contributed by atoms with Crippen LogP contribution >= 0.6 is 23.1 Å². The van der Waals surface area contributed by atoms with E-state index >= 15 is 0 Å². The molecule has 32 heavy (non-hydrogen) atoms. The van der Waals surface area contributed by atoms with Crippen molar-refractivity contribution in [1.82, 2.24) is 10.2 Å². The van der Waals surface area contributed by atoms with Crippen molar-refractivity contribution in [1.29, 1.82) is 5.26 Å². The predicted octanol–water partition coefficient (Wildman–Crippen LogP) is 4.68. The van der Waals surface area contributed by atoms with Crippen molar-refractivity contribution < 1.29 is 9.59 Å². The highest BCUT2D eigenvalue weighted by molar-refractivity contribution is 8.03. The summed E-state index contributed by atoms with van der Waals surface area (Å²) in [5.74, 6) is -0.495. The van der Waals surface area contributed by atoms with Crippen molar-refractivity contribution in [3.8, 4) is 6.07 Å². The molecule has 0 bridgehead atoms. The minimum atomic E-state index is -0.490. The molecule has 1 aromatic carbocycles. The van der Waals surface area contributed by atoms with E-state index in [1.54, 1.807) is 4.90 Å². The van der Waals surface area contributed by atoms with E-state index < -0.39 is 5.92 Å². The first-order valence-corrected chi connectivity index (χ1v) is 12.3. The van der Waals surface area contributed by atoms with Crippen LogP contribution in [0, 0.1) is 11.3 Å². The first-order chi connectivity index (χ1) is 15.5. The SMILES string of the molecule is CCN(CC)C(=O)CSC1=C(C#N)C(c2cccs2)C(C(=O)Nc2ccccc2)=C(C)N1. The highest BCUT2D eigenvalue weighted by atomic mass is 32.2. The van der Waals surface area contributed by atoms with E-state index in [0.717, 1.165) is 4.88 Å². The van der Waals surface area contributed by atoms with Crippen molar-refractivity contribution in [2.75, 3.05) is 24.2 Å². The summed E-state index contributed by atoms with van der Waals surface area (Å²) in [5.41, 5.74) is 2.32. The number of thiophene rings is 1. The zero-order chi connectivity index (χ0) is 23.1. The summed E-state index contributed by atoms with van der Waals surface area (Å²) in [6.07, 6.45) is 0. The van der Waals surface area contributed by atoms with Crippen LogP contribution in [0.2, 0.25) is 0 Å². The Balaban J connectivity index is 1.93. The number of rotatable bonds is 8. The molecule has 6 nitrogen and oxygen atoms in total. The lowest BCUT2D eigenvalue weighted by atomic mass is 9.86. The van der Waals surface area contributed by atoms with E-state index in [1.807, 2.05) is 68.6 Å². The van der Waals surface area contributed by atoms with Gasteiger partial charge in [0.05, 0.1) is 28.3 Å². The Hall–Kier alpha value is -3.02. The van der Waals surface area contributed by atoms with Crippen molar-refractivity contribution >= 4 is 40.6 Å². The molecule has 1 aliphatic heterocycles. The Morgan fingerprint density at radius 1 is 1.19 bits per heavy atom. The number of amides is 2. The van der Waals surface area contributed by atoms with Crippen molar-refractivity contribution in [2.45, 2.75) is 26.7 Å². The third-order valence-electron chi connectivity index (χ3n) is 5.21. The molecular weight excluding hydrogens is 440 g/mol. The molecule has 1 unspecified atom stereocenters. The molecule has 1 aliphatic rings. The number of nitrogens with zero attached hydrogens (tertiary/aromatic N) is 2. The number of carbonyl (C=O) groups is 2. The molecular formula is C24H26N4O2S2. The van der Waals surface area contributed by atoms with Gasteiger partial charge in [-0.2, -0.15) is 5.26 Å². The molecule has 166 valence electrons. The second-order valence-electron chi connectivity index (χ2n) is 7.14. The lowest BCUT2D eigenvalue weighted by Crippen LogP contribution is -2.33. The molecule has 8 heteroatoms. The first-order valence-electron chi connectivity index (χ1n) is 10.4. The minimum absolute atomic E-state index is 0.0218. The normalized spacial score (nSPS) is 15.8. The molecule has 2 N–H and O–H groups in total. The van der Waals surface area contributed by atoms with E-state index in [9.17, 15) is 14.9 Å². The molecule has 0 aliphatic carbocycles. The van der Waals surface area contributed by atoms with Gasteiger partial charge in [0.1, 0.15) is 0 Å². The van der Waals surface area contributed by atoms with Crippen LogP contribution < -0.4 is 10.6 Å². The van der Waals surface area contributed by atoms with Crippen LogP contribution in [0.25, 0.3) is 0 Å². The van der Waals surface area contributed by atoms with Gasteiger partial charge in [0.2, 0.25) is 5.91 Å². The summed E-state index contributed by atoms with van der Waals surface area (Å²) in [4.78, 5) is 28.5. The van der Waals surface area contributed by atoms with Crippen LogP contribution in [-0.4, -0.2) is 35.6 Å². The van der Waals surface area contributed by atoms with Crippen molar-refractivity contribution in [3.63, 3.8) is 0 Å². The molecule has 0 spiro atoms. The molecule has 2 heterocycles. The van der Waals surface area contributed by atoms with Gasteiger partial charge in [-0.05, 0) is 44.4 Å². The number of benzene rings is 1. The quantitative estimate of drug-likeness (QED) is 0.590. The second kappa shape index (κ2) is 11.0. The summed E-state index contributed by atoms with van der Waals surface area (Å²) >= 11 is 2.82. The van der Waals surface area contributed by atoms with Gasteiger partial charge in [-0.25, -0.2) is 0 Å². The fourth-order valence-corrected chi connectivity index (χ4v) is 5.43. The van der Waals surface area contributed by atoms with E-state index in [1.165, 1.54) is 23.1 Å². The first kappa shape index (κ1) is 23.6. The second-order valence-corrected chi connectivity index (χ2v) is 9.11. The minimum Gasteiger partial charge on any atom is -0.353 e. The number of para-hydroxylation sites is 1. The molecule has 0 saturated carbocycles. The van der Waals surface area contributed by atoms with E-state index in [2.05, 4.69) is 16.7 Å². The summed E-state index contributed by atoms with van der Waals surface area (Å²) in [6, 6.07) is 15.4. The Morgan fingerprint density at radius 2 is 1.91 bits per heavy atom. The third-order valence-corrected chi connectivity index (χ3v) is 7.15. The van der Waals surface area contributed by atoms with Crippen LogP contribution in [0.4, 0.5) is 5.69 Å². The van der Waals surface area contributed by atoms with Gasteiger partial charge in [-0.3, -0.25) is 9.59 Å². The average molecular weight is 467 g/mol. The van der Waals surface area contributed by atoms with Gasteiger partial charge in [0.25, 0.3) is 5.91 Å². The van der Waals surface area contributed by atoms with Gasteiger partial charge in [0, 0.05) is 34.9 Å². The number of nitriles is 1. The molecule has 2 amide bonds. The largest absolute Gasteiger partial charge is 0.353 e. The number of hydrogen-bond donors (Lipinski definition) is 2. The monoisotopic (exact) mass is 466 g/mol. The Morgan fingerprint density at radius 3 is 2.50 bits per heavy atom. The van der Waals surface area contributed by atoms with E-state index in [-0.39, 0.29) is 17.6 Å². The third kappa shape index (κ3) is 5.23. The maximum absolute atomic E-state index is 13.3. The van der Waals surface area contributed by atoms with Gasteiger partial charge in [-0.15, -0.1) is 11.3 Å². The average Bonchev–Trinajstić information content (AvgIpc) is 3.33. The van der Waals surface area contributed by atoms with Gasteiger partial charge in [-0.1, -0.05) is 36.0 Å². The zero-order valence-electron chi connectivity index (χ0n) is 18.3. The molecule has 0 fully saturated rings. The van der Waals surface area contributed by atoms with E-state index in [0.29, 0.717) is 40.6 Å². The molecule has 0 radical (unpaired) electrons. The van der Waals surface area contributed by atoms with Gasteiger partial charge >= 0.3 is 0 Å². The maximum atomic E-state index is 13.3. The van der Waals surface area contributed by atoms with Crippen LogP contribution in [0.5, 0.6) is 0 Å². The Bertz CT molecular complexity index is 1070. The molecule has 0 saturated heterocycles. The van der Waals surface area contributed by atoms with Crippen molar-refractivity contribution in [3.05, 3.63) is 74.6 Å². The lowest BCUT2D eigenvalue weighted by Gasteiger charge is -2.29. The summed E-state index contributed by atoms with van der Waals surface area (Å²) in [6.45, 7) is 7.02. The standard InChI is InChI=1S/C24H26N4O2S2/c1-4-28(5-2)20(29)15-32-24-18(14-25)22(19-12-9-13-31-19)21(16(3)26-24)23(30)27-17-10-7-6-8-11-17/h6-13,22,26H,4-5,15H2,1-3H3,(H,27,30). The van der Waals surface area contributed by atoms with Crippen LogP contribution in [0.1, 0.15) is 31.6 Å². The van der Waals surface area contributed by atoms with Gasteiger partial charge in [0.15, 0.2) is 0 Å². The number of thioether (sulfide) groups is 1. The molecule has 1 atom stereocenters. The van der Waals surface area contributed by atoms with Crippen LogP contribution in [-0.2, 0) is 9.59 Å². The zero-order valence-corrected chi connectivity index (χ0v) is 20.0. The number of dihydropyridines is 1. The smallest absolute Gasteiger partial charge is 0.254 e. The number of nitrogens with one attached hydrogen (secondary N) is 2. The van der Waals surface area contributed by atoms with Gasteiger partial charge < -0.3 is 15.5 Å². The summed E-state index contributed by atoms with van der Waals surface area (Å²) in [7, 11) is 0. The van der Waals surface area contributed by atoms with Crippen LogP contribution in [0.3, 0.4) is 0 Å². The Labute approximate surface area is 197 Å². The van der Waals surface area contributed by atoms with Crippen molar-refractivity contribution in [2.24, 2.45) is 0 Å². The molecule has 1 aromatic heterocycles. The predicted molar refractivity (Wildman–Crippen MR) is 131 cm³/mol. The maximum Gasteiger partial charge on any atom is 0.254 e. The highest BCUT2D eigenvalue weighted by Crippen LogP contribution is 2.42. The molecule has 2 aromatic rings. The topological polar surface area (TPSA) is 85.2 Å². The Kier molecular flexibility index (Phi) is 8.14. The number of carbonyl (C=O) groups excluding carboxylic acids is 2. The fraction of sp³-hybridized carbons (Fsp3) is 0.292. The number of hydrogen-bond acceptors (Lipinski definition) is 6. The molecule has 3 rings (SSSR count).